The number of likely N-dealkylation sites (tertiary alicyclic amines) is 1. The van der Waals surface area contributed by atoms with E-state index in [1.807, 2.05) is 46.3 Å². The molecule has 0 saturated carbocycles. The first-order valence-corrected chi connectivity index (χ1v) is 10.9. The lowest BCUT2D eigenvalue weighted by Crippen LogP contribution is -2.40. The van der Waals surface area contributed by atoms with E-state index in [0.717, 1.165) is 37.0 Å². The molecule has 0 bridgehead atoms. The van der Waals surface area contributed by atoms with E-state index >= 15 is 0 Å². The lowest BCUT2D eigenvalue weighted by atomic mass is 9.89. The number of rotatable bonds is 3. The topological polar surface area (TPSA) is 67.2 Å². The normalized spacial score (nSPS) is 17.8. The van der Waals surface area contributed by atoms with Crippen molar-refractivity contribution in [3.8, 4) is 0 Å². The fourth-order valence-corrected chi connectivity index (χ4v) is 4.53. The second-order valence-electron chi connectivity index (χ2n) is 8.19. The van der Waals surface area contributed by atoms with Crippen molar-refractivity contribution in [2.45, 2.75) is 18.8 Å². The Morgan fingerprint density at radius 2 is 1.61 bits per heavy atom. The maximum Gasteiger partial charge on any atom is 0.257 e. The van der Waals surface area contributed by atoms with Crippen LogP contribution in [0.25, 0.3) is 5.52 Å². The summed E-state index contributed by atoms with van der Waals surface area (Å²) in [5, 5.41) is 4.37. The van der Waals surface area contributed by atoms with Crippen molar-refractivity contribution in [2.24, 2.45) is 0 Å². The van der Waals surface area contributed by atoms with E-state index < -0.39 is 0 Å². The number of benzene rings is 1. The minimum absolute atomic E-state index is 0.0127. The van der Waals surface area contributed by atoms with Gasteiger partial charge in [0.1, 0.15) is 0 Å². The Labute approximate surface area is 181 Å². The Kier molecular flexibility index (Phi) is 5.42. The van der Waals surface area contributed by atoms with Crippen LogP contribution in [0.4, 0.5) is 0 Å². The highest BCUT2D eigenvalue weighted by Gasteiger charge is 2.26. The number of morpholine rings is 1. The third-order valence-electron chi connectivity index (χ3n) is 6.35. The Hall–Kier alpha value is -3.19. The van der Waals surface area contributed by atoms with E-state index in [-0.39, 0.29) is 11.8 Å². The molecule has 0 radical (unpaired) electrons. The molecule has 2 aromatic heterocycles. The van der Waals surface area contributed by atoms with Crippen LogP contribution in [0.5, 0.6) is 0 Å². The molecule has 0 unspecified atom stereocenters. The molecule has 4 heterocycles. The van der Waals surface area contributed by atoms with E-state index in [9.17, 15) is 9.59 Å². The molecular weight excluding hydrogens is 392 g/mol. The zero-order valence-electron chi connectivity index (χ0n) is 17.4. The minimum atomic E-state index is 0.0127. The Bertz CT molecular complexity index is 1080. The first-order chi connectivity index (χ1) is 15.2. The SMILES string of the molecule is O=C(c1ccccc1)N1CCC(c2ccn3ncc(C(=O)N4CCOCC4)c3c2)CC1. The summed E-state index contributed by atoms with van der Waals surface area (Å²) in [4.78, 5) is 29.5. The maximum atomic E-state index is 13.0. The predicted octanol–water partition coefficient (Wildman–Crippen LogP) is 2.83. The Morgan fingerprint density at radius 3 is 2.35 bits per heavy atom. The first-order valence-electron chi connectivity index (χ1n) is 10.9. The molecule has 0 spiro atoms. The van der Waals surface area contributed by atoms with E-state index in [4.69, 9.17) is 4.74 Å². The fraction of sp³-hybridized carbons (Fsp3) is 0.375. The molecule has 31 heavy (non-hydrogen) atoms. The van der Waals surface area contributed by atoms with Gasteiger partial charge in [0.05, 0.1) is 30.5 Å². The van der Waals surface area contributed by atoms with Crippen LogP contribution < -0.4 is 0 Å². The van der Waals surface area contributed by atoms with Gasteiger partial charge < -0.3 is 14.5 Å². The van der Waals surface area contributed by atoms with Crippen molar-refractivity contribution in [3.63, 3.8) is 0 Å². The molecule has 160 valence electrons. The summed E-state index contributed by atoms with van der Waals surface area (Å²) in [5.74, 6) is 0.480. The van der Waals surface area contributed by atoms with Crippen LogP contribution in [0.2, 0.25) is 0 Å². The van der Waals surface area contributed by atoms with Gasteiger partial charge in [-0.3, -0.25) is 9.59 Å². The van der Waals surface area contributed by atoms with Crippen LogP contribution in [0.3, 0.4) is 0 Å². The molecule has 0 aliphatic carbocycles. The van der Waals surface area contributed by atoms with Crippen LogP contribution in [0.1, 0.15) is 45.0 Å². The third-order valence-corrected chi connectivity index (χ3v) is 6.35. The number of piperidine rings is 1. The summed E-state index contributed by atoms with van der Waals surface area (Å²) < 4.78 is 7.13. The van der Waals surface area contributed by atoms with Crippen LogP contribution in [-0.4, -0.2) is 70.6 Å². The number of aromatic nitrogens is 2. The third kappa shape index (κ3) is 3.93. The van der Waals surface area contributed by atoms with Gasteiger partial charge in [-0.15, -0.1) is 0 Å². The van der Waals surface area contributed by atoms with Gasteiger partial charge in [-0.1, -0.05) is 18.2 Å². The first kappa shape index (κ1) is 19.8. The van der Waals surface area contributed by atoms with E-state index in [2.05, 4.69) is 17.2 Å². The molecule has 7 heteroatoms. The number of amides is 2. The van der Waals surface area contributed by atoms with Crippen molar-refractivity contribution in [1.82, 2.24) is 19.4 Å². The number of carbonyl (C=O) groups is 2. The summed E-state index contributed by atoms with van der Waals surface area (Å²) in [6, 6.07) is 13.6. The molecular formula is C24H26N4O3. The fourth-order valence-electron chi connectivity index (χ4n) is 4.53. The summed E-state index contributed by atoms with van der Waals surface area (Å²) >= 11 is 0. The molecule has 7 nitrogen and oxygen atoms in total. The number of nitrogens with zero attached hydrogens (tertiary/aromatic N) is 4. The van der Waals surface area contributed by atoms with Gasteiger partial charge in [-0.2, -0.15) is 5.10 Å². The van der Waals surface area contributed by atoms with Crippen LogP contribution in [-0.2, 0) is 4.74 Å². The number of pyridine rings is 1. The van der Waals surface area contributed by atoms with Gasteiger partial charge in [0.25, 0.3) is 11.8 Å². The highest BCUT2D eigenvalue weighted by molar-refractivity contribution is 6.00. The minimum Gasteiger partial charge on any atom is -0.378 e. The van der Waals surface area contributed by atoms with Gasteiger partial charge in [-0.25, -0.2) is 4.52 Å². The molecule has 1 aromatic carbocycles. The van der Waals surface area contributed by atoms with Gasteiger partial charge in [0.2, 0.25) is 0 Å². The predicted molar refractivity (Wildman–Crippen MR) is 116 cm³/mol. The second kappa shape index (κ2) is 8.51. The number of carbonyl (C=O) groups excluding carboxylic acids is 2. The maximum absolute atomic E-state index is 13.0. The Balaban J connectivity index is 1.31. The molecule has 5 rings (SSSR count). The van der Waals surface area contributed by atoms with Gasteiger partial charge >= 0.3 is 0 Å². The van der Waals surface area contributed by atoms with E-state index in [1.54, 1.807) is 10.7 Å². The second-order valence-corrected chi connectivity index (χ2v) is 8.19. The average Bonchev–Trinajstić information content (AvgIpc) is 3.27. The zero-order valence-corrected chi connectivity index (χ0v) is 17.4. The monoisotopic (exact) mass is 418 g/mol. The van der Waals surface area contributed by atoms with E-state index in [1.165, 1.54) is 5.56 Å². The smallest absolute Gasteiger partial charge is 0.257 e. The largest absolute Gasteiger partial charge is 0.378 e. The number of hydrogen-bond acceptors (Lipinski definition) is 4. The van der Waals surface area contributed by atoms with Gasteiger partial charge in [-0.05, 0) is 48.6 Å². The molecule has 0 N–H and O–H groups in total. The van der Waals surface area contributed by atoms with Gasteiger partial charge in [0, 0.05) is 37.9 Å². The van der Waals surface area contributed by atoms with Crippen molar-refractivity contribution in [3.05, 3.63) is 71.5 Å². The lowest BCUT2D eigenvalue weighted by molar-refractivity contribution is 0.0304. The number of fused-ring (bicyclic) bond motifs is 1. The molecule has 2 aliphatic rings. The lowest BCUT2D eigenvalue weighted by Gasteiger charge is -2.32. The molecule has 3 aromatic rings. The number of hydrogen-bond donors (Lipinski definition) is 0. The zero-order chi connectivity index (χ0) is 21.2. The summed E-state index contributed by atoms with van der Waals surface area (Å²) in [5.41, 5.74) is 3.43. The van der Waals surface area contributed by atoms with Crippen LogP contribution >= 0.6 is 0 Å². The van der Waals surface area contributed by atoms with Crippen molar-refractivity contribution < 1.29 is 14.3 Å². The standard InChI is InChI=1S/C24H26N4O3/c29-23(19-4-2-1-3-5-19)26-9-6-18(7-10-26)20-8-11-28-22(16-20)21(17-25-28)24(30)27-12-14-31-15-13-27/h1-5,8,11,16-18H,6-7,9-10,12-15H2. The highest BCUT2D eigenvalue weighted by Crippen LogP contribution is 2.30. The molecule has 2 saturated heterocycles. The summed E-state index contributed by atoms with van der Waals surface area (Å²) in [6.45, 7) is 3.87. The molecule has 0 atom stereocenters. The average molecular weight is 418 g/mol. The summed E-state index contributed by atoms with van der Waals surface area (Å²) in [7, 11) is 0. The number of ether oxygens (including phenoxy) is 1. The van der Waals surface area contributed by atoms with Gasteiger partial charge in [0.15, 0.2) is 0 Å². The molecule has 2 amide bonds. The summed E-state index contributed by atoms with van der Waals surface area (Å²) in [6.07, 6.45) is 5.42. The van der Waals surface area contributed by atoms with Crippen molar-refractivity contribution in [1.29, 1.82) is 0 Å². The van der Waals surface area contributed by atoms with E-state index in [0.29, 0.717) is 37.8 Å². The Morgan fingerprint density at radius 1 is 0.903 bits per heavy atom. The molecule has 2 aliphatic heterocycles. The quantitative estimate of drug-likeness (QED) is 0.656. The van der Waals surface area contributed by atoms with Crippen molar-refractivity contribution in [2.75, 3.05) is 39.4 Å². The highest BCUT2D eigenvalue weighted by atomic mass is 16.5. The van der Waals surface area contributed by atoms with Crippen LogP contribution in [0.15, 0.2) is 54.9 Å². The van der Waals surface area contributed by atoms with Crippen molar-refractivity contribution >= 4 is 17.3 Å². The van der Waals surface area contributed by atoms with Crippen LogP contribution in [0, 0.1) is 0 Å². The molecule has 2 fully saturated rings.